The summed E-state index contributed by atoms with van der Waals surface area (Å²) in [6.45, 7) is 5.05. The maximum absolute atomic E-state index is 13.9. The number of halogens is 2. The van der Waals surface area contributed by atoms with Gasteiger partial charge in [-0.3, -0.25) is 0 Å². The van der Waals surface area contributed by atoms with Crippen molar-refractivity contribution in [2.75, 3.05) is 13.7 Å². The molecule has 1 aromatic rings. The summed E-state index contributed by atoms with van der Waals surface area (Å²) < 4.78 is 20.2. The fourth-order valence-electron chi connectivity index (χ4n) is 2.29. The minimum atomic E-state index is -0.163. The van der Waals surface area contributed by atoms with Gasteiger partial charge >= 0.3 is 0 Å². The highest BCUT2D eigenvalue weighted by Gasteiger charge is 2.21. The van der Waals surface area contributed by atoms with Crippen LogP contribution >= 0.6 is 15.9 Å². The van der Waals surface area contributed by atoms with Crippen LogP contribution in [0, 0.1) is 5.82 Å². The molecule has 1 aromatic carbocycles. The first-order valence-corrected chi connectivity index (χ1v) is 7.61. The van der Waals surface area contributed by atoms with Crippen molar-refractivity contribution >= 4 is 15.9 Å². The Hall–Kier alpha value is -0.450. The van der Waals surface area contributed by atoms with Crippen LogP contribution in [0.3, 0.4) is 0 Å². The maximum atomic E-state index is 13.9. The van der Waals surface area contributed by atoms with Crippen LogP contribution in [0.2, 0.25) is 0 Å². The van der Waals surface area contributed by atoms with Gasteiger partial charge in [0.05, 0.1) is 6.10 Å². The molecule has 0 aliphatic rings. The highest BCUT2D eigenvalue weighted by Crippen LogP contribution is 2.19. The van der Waals surface area contributed by atoms with Crippen LogP contribution in [0.4, 0.5) is 4.39 Å². The van der Waals surface area contributed by atoms with Gasteiger partial charge in [0.2, 0.25) is 0 Å². The third kappa shape index (κ3) is 5.21. The van der Waals surface area contributed by atoms with Crippen LogP contribution in [-0.4, -0.2) is 25.8 Å². The van der Waals surface area contributed by atoms with E-state index in [9.17, 15) is 4.39 Å². The number of ether oxygens (including phenoxy) is 1. The van der Waals surface area contributed by atoms with Crippen molar-refractivity contribution in [3.05, 3.63) is 34.1 Å². The van der Waals surface area contributed by atoms with E-state index in [0.29, 0.717) is 6.42 Å². The van der Waals surface area contributed by atoms with Gasteiger partial charge in [-0.25, -0.2) is 4.39 Å². The van der Waals surface area contributed by atoms with Crippen molar-refractivity contribution < 1.29 is 9.13 Å². The Morgan fingerprint density at radius 2 is 2.11 bits per heavy atom. The second-order valence-corrected chi connectivity index (χ2v) is 5.58. The van der Waals surface area contributed by atoms with Crippen molar-refractivity contribution in [1.82, 2.24) is 5.32 Å². The minimum absolute atomic E-state index is 0.119. The first-order valence-electron chi connectivity index (χ1n) is 6.82. The second kappa shape index (κ2) is 8.67. The summed E-state index contributed by atoms with van der Waals surface area (Å²) in [6, 6.07) is 5.37. The third-order valence-corrected chi connectivity index (χ3v) is 3.74. The standard InChI is InChI=1S/C15H23BrFNO/c1-4-6-15(19-3)14(18-5-2)9-11-7-8-12(16)10-13(11)17/h7-8,10,14-15,18H,4-6,9H2,1-3H3. The first-order chi connectivity index (χ1) is 9.12. The molecule has 19 heavy (non-hydrogen) atoms. The zero-order valence-electron chi connectivity index (χ0n) is 11.9. The predicted molar refractivity (Wildman–Crippen MR) is 81.0 cm³/mol. The average molecular weight is 332 g/mol. The van der Waals surface area contributed by atoms with Gasteiger partial charge in [0.25, 0.3) is 0 Å². The first kappa shape index (κ1) is 16.6. The summed E-state index contributed by atoms with van der Waals surface area (Å²) in [7, 11) is 1.72. The topological polar surface area (TPSA) is 21.3 Å². The fraction of sp³-hybridized carbons (Fsp3) is 0.600. The summed E-state index contributed by atoms with van der Waals surface area (Å²) in [6.07, 6.45) is 2.80. The maximum Gasteiger partial charge on any atom is 0.127 e. The Labute approximate surface area is 123 Å². The quantitative estimate of drug-likeness (QED) is 0.779. The second-order valence-electron chi connectivity index (χ2n) is 4.67. The molecule has 1 rings (SSSR count). The minimum Gasteiger partial charge on any atom is -0.380 e. The zero-order valence-corrected chi connectivity index (χ0v) is 13.5. The van der Waals surface area contributed by atoms with E-state index in [-0.39, 0.29) is 18.0 Å². The molecular formula is C15H23BrFNO. The van der Waals surface area contributed by atoms with Gasteiger partial charge in [-0.2, -0.15) is 0 Å². The SMILES string of the molecule is CCCC(OC)C(Cc1ccc(Br)cc1F)NCC. The van der Waals surface area contributed by atoms with Crippen LogP contribution in [0.15, 0.2) is 22.7 Å². The lowest BCUT2D eigenvalue weighted by molar-refractivity contribution is 0.0611. The Balaban J connectivity index is 2.81. The van der Waals surface area contributed by atoms with Crippen molar-refractivity contribution in [3.8, 4) is 0 Å². The molecule has 0 fully saturated rings. The molecule has 0 radical (unpaired) electrons. The van der Waals surface area contributed by atoms with Gasteiger partial charge in [-0.1, -0.05) is 42.3 Å². The summed E-state index contributed by atoms with van der Waals surface area (Å²) in [5.74, 6) is -0.163. The molecule has 2 nitrogen and oxygen atoms in total. The molecule has 0 spiro atoms. The van der Waals surface area contributed by atoms with E-state index < -0.39 is 0 Å². The van der Waals surface area contributed by atoms with E-state index in [0.717, 1.165) is 29.4 Å². The molecule has 0 aliphatic carbocycles. The summed E-state index contributed by atoms with van der Waals surface area (Å²) >= 11 is 3.28. The lowest BCUT2D eigenvalue weighted by Gasteiger charge is -2.27. The number of likely N-dealkylation sites (N-methyl/N-ethyl adjacent to an activating group) is 1. The van der Waals surface area contributed by atoms with Crippen molar-refractivity contribution in [2.24, 2.45) is 0 Å². The molecule has 0 saturated carbocycles. The molecule has 0 heterocycles. The van der Waals surface area contributed by atoms with E-state index >= 15 is 0 Å². The molecule has 2 unspecified atom stereocenters. The Bertz CT molecular complexity index is 386. The number of benzene rings is 1. The molecule has 0 bridgehead atoms. The number of hydrogen-bond acceptors (Lipinski definition) is 2. The van der Waals surface area contributed by atoms with E-state index in [2.05, 4.69) is 35.1 Å². The van der Waals surface area contributed by atoms with Gasteiger partial charge < -0.3 is 10.1 Å². The highest BCUT2D eigenvalue weighted by atomic mass is 79.9. The summed E-state index contributed by atoms with van der Waals surface area (Å²) in [5, 5.41) is 3.41. The van der Waals surface area contributed by atoms with Crippen LogP contribution in [0.5, 0.6) is 0 Å². The normalized spacial score (nSPS) is 14.4. The molecule has 4 heteroatoms. The number of nitrogens with one attached hydrogen (secondary N) is 1. The summed E-state index contributed by atoms with van der Waals surface area (Å²) in [4.78, 5) is 0. The van der Waals surface area contributed by atoms with Gasteiger partial charge in [-0.05, 0) is 37.1 Å². The van der Waals surface area contributed by atoms with Crippen molar-refractivity contribution in [2.45, 2.75) is 45.3 Å². The molecular weight excluding hydrogens is 309 g/mol. The molecule has 0 saturated heterocycles. The van der Waals surface area contributed by atoms with E-state index in [1.807, 2.05) is 12.1 Å². The molecule has 0 aromatic heterocycles. The zero-order chi connectivity index (χ0) is 14.3. The van der Waals surface area contributed by atoms with Crippen molar-refractivity contribution in [3.63, 3.8) is 0 Å². The molecule has 108 valence electrons. The smallest absolute Gasteiger partial charge is 0.127 e. The van der Waals surface area contributed by atoms with Crippen LogP contribution in [0.25, 0.3) is 0 Å². The number of hydrogen-bond donors (Lipinski definition) is 1. The monoisotopic (exact) mass is 331 g/mol. The average Bonchev–Trinajstić information content (AvgIpc) is 2.38. The van der Waals surface area contributed by atoms with Gasteiger partial charge in [0.1, 0.15) is 5.82 Å². The number of methoxy groups -OCH3 is 1. The third-order valence-electron chi connectivity index (χ3n) is 3.25. The Morgan fingerprint density at radius 1 is 1.37 bits per heavy atom. The van der Waals surface area contributed by atoms with Gasteiger partial charge in [0, 0.05) is 17.6 Å². The summed E-state index contributed by atoms with van der Waals surface area (Å²) in [5.41, 5.74) is 0.729. The lowest BCUT2D eigenvalue weighted by Crippen LogP contribution is -2.42. The van der Waals surface area contributed by atoms with E-state index in [1.165, 1.54) is 6.07 Å². The molecule has 0 aliphatic heterocycles. The van der Waals surface area contributed by atoms with Crippen LogP contribution < -0.4 is 5.32 Å². The predicted octanol–water partition coefficient (Wildman–Crippen LogP) is 3.92. The van der Waals surface area contributed by atoms with Gasteiger partial charge in [0.15, 0.2) is 0 Å². The van der Waals surface area contributed by atoms with Gasteiger partial charge in [-0.15, -0.1) is 0 Å². The molecule has 1 N–H and O–H groups in total. The largest absolute Gasteiger partial charge is 0.380 e. The number of rotatable bonds is 8. The molecule has 2 atom stereocenters. The molecule has 0 amide bonds. The van der Waals surface area contributed by atoms with E-state index in [1.54, 1.807) is 7.11 Å². The Kier molecular flexibility index (Phi) is 7.57. The van der Waals surface area contributed by atoms with E-state index in [4.69, 9.17) is 4.74 Å². The lowest BCUT2D eigenvalue weighted by atomic mass is 9.98. The van der Waals surface area contributed by atoms with Crippen LogP contribution in [-0.2, 0) is 11.2 Å². The fourth-order valence-corrected chi connectivity index (χ4v) is 2.62. The van der Waals surface area contributed by atoms with Crippen LogP contribution in [0.1, 0.15) is 32.3 Å². The highest BCUT2D eigenvalue weighted by molar-refractivity contribution is 9.10. The Morgan fingerprint density at radius 3 is 2.63 bits per heavy atom. The van der Waals surface area contributed by atoms with Crippen molar-refractivity contribution in [1.29, 1.82) is 0 Å².